The van der Waals surface area contributed by atoms with Crippen LogP contribution in [0.3, 0.4) is 0 Å². The zero-order chi connectivity index (χ0) is 20.0. The summed E-state index contributed by atoms with van der Waals surface area (Å²) in [5, 5.41) is 46.2. The van der Waals surface area contributed by atoms with Gasteiger partial charge >= 0.3 is 19.5 Å². The van der Waals surface area contributed by atoms with Gasteiger partial charge in [-0.05, 0) is 27.7 Å². The van der Waals surface area contributed by atoms with Gasteiger partial charge in [-0.15, -0.1) is 0 Å². The molecular formula is C12H20N6O4RhS2. The Kier molecular flexibility index (Phi) is 41.0. The molecule has 0 bridgehead atoms. The van der Waals surface area contributed by atoms with Gasteiger partial charge in [0.2, 0.25) is 0 Å². The molecule has 0 saturated carbocycles. The third-order valence-corrected chi connectivity index (χ3v) is 1.80. The predicted molar refractivity (Wildman–Crippen MR) is 96.0 cm³/mol. The van der Waals surface area contributed by atoms with Gasteiger partial charge in [-0.3, -0.25) is 0 Å². The van der Waals surface area contributed by atoms with Crippen molar-refractivity contribution in [2.75, 3.05) is 14.2 Å². The van der Waals surface area contributed by atoms with Crippen molar-refractivity contribution in [1.82, 2.24) is 0 Å². The fourth-order valence-corrected chi connectivity index (χ4v) is 0.551. The van der Waals surface area contributed by atoms with Gasteiger partial charge in [0.25, 0.3) is 0 Å². The van der Waals surface area contributed by atoms with E-state index >= 15 is 0 Å². The Hall–Kier alpha value is -2.08. The van der Waals surface area contributed by atoms with Gasteiger partial charge in [0.15, 0.2) is 0 Å². The molecule has 13 heteroatoms. The molecule has 0 aliphatic rings. The Morgan fingerprint density at radius 2 is 0.960 bits per heavy atom. The third kappa shape index (κ3) is 34.3. The fraction of sp³-hybridized carbons (Fsp3) is 0.500. The molecule has 0 aromatic carbocycles. The summed E-state index contributed by atoms with van der Waals surface area (Å²) in [6.07, 6.45) is 0. The Morgan fingerprint density at radius 1 is 0.760 bits per heavy atom. The van der Waals surface area contributed by atoms with E-state index in [1.54, 1.807) is 27.7 Å². The molecule has 0 atom stereocenters. The van der Waals surface area contributed by atoms with Crippen LogP contribution in [0, 0.1) is 21.3 Å². The molecule has 0 unspecified atom stereocenters. The molecule has 0 amide bonds. The van der Waals surface area contributed by atoms with Crippen LogP contribution in [-0.2, 0) is 54.4 Å². The average Bonchev–Trinajstić information content (AvgIpc) is 2.55. The van der Waals surface area contributed by atoms with Crippen molar-refractivity contribution in [3.05, 3.63) is 0 Å². The van der Waals surface area contributed by atoms with Crippen LogP contribution in [0.5, 0.6) is 0 Å². The summed E-state index contributed by atoms with van der Waals surface area (Å²) in [6, 6.07) is 0. The van der Waals surface area contributed by atoms with Crippen molar-refractivity contribution < 1.29 is 39.6 Å². The van der Waals surface area contributed by atoms with E-state index in [0.29, 0.717) is 22.8 Å². The minimum absolute atomic E-state index is 0. The summed E-state index contributed by atoms with van der Waals surface area (Å²) in [4.78, 5) is 8.85. The average molecular weight is 479 g/mol. The van der Waals surface area contributed by atoms with E-state index in [1.165, 1.54) is 25.0 Å². The minimum Gasteiger partial charge on any atom is -0.696 e. The zero-order valence-corrected chi connectivity index (χ0v) is 17.8. The first-order valence-electron chi connectivity index (χ1n) is 5.83. The maximum atomic E-state index is 8.18. The minimum atomic E-state index is 0. The summed E-state index contributed by atoms with van der Waals surface area (Å²) >= 11 is 7.40. The molecule has 0 fully saturated rings. The van der Waals surface area contributed by atoms with Crippen LogP contribution < -0.4 is 0 Å². The zero-order valence-electron chi connectivity index (χ0n) is 14.5. The summed E-state index contributed by atoms with van der Waals surface area (Å²) in [6.45, 7) is 6.66. The Bertz CT molecular complexity index is 467. The summed E-state index contributed by atoms with van der Waals surface area (Å²) < 4.78 is 0. The third-order valence-electron chi connectivity index (χ3n) is 1.80. The molecule has 2 N–H and O–H groups in total. The Balaban J connectivity index is -0.0000000788. The van der Waals surface area contributed by atoms with Gasteiger partial charge in [-0.25, -0.2) is 10.5 Å². The second kappa shape index (κ2) is 29.9. The maximum absolute atomic E-state index is 8.18. The van der Waals surface area contributed by atoms with Crippen molar-refractivity contribution in [1.29, 1.82) is 10.5 Å². The van der Waals surface area contributed by atoms with E-state index < -0.39 is 0 Å². The van der Waals surface area contributed by atoms with Crippen LogP contribution in [0.4, 0.5) is 0 Å². The second-order valence-corrected chi connectivity index (χ2v) is 3.64. The first-order chi connectivity index (χ1) is 11.3. The predicted octanol–water partition coefficient (Wildman–Crippen LogP) is 1.74. The maximum Gasteiger partial charge on any atom is 2.00 e. The van der Waals surface area contributed by atoms with Crippen molar-refractivity contribution in [3.8, 4) is 10.8 Å². The van der Waals surface area contributed by atoms with Crippen molar-refractivity contribution in [2.24, 2.45) is 20.6 Å². The molecule has 10 nitrogen and oxygen atoms in total. The molecular weight excluding hydrogens is 459 g/mol. The van der Waals surface area contributed by atoms with E-state index in [0.717, 1.165) is 0 Å². The van der Waals surface area contributed by atoms with Crippen molar-refractivity contribution in [2.45, 2.75) is 27.7 Å². The van der Waals surface area contributed by atoms with Gasteiger partial charge in [-0.2, -0.15) is 0 Å². The first-order valence-corrected chi connectivity index (χ1v) is 6.65. The van der Waals surface area contributed by atoms with Gasteiger partial charge < -0.3 is 45.3 Å². The smallest absolute Gasteiger partial charge is 0.696 e. The van der Waals surface area contributed by atoms with Crippen molar-refractivity contribution >= 4 is 48.1 Å². The molecule has 0 heterocycles. The molecule has 0 saturated heterocycles. The van der Waals surface area contributed by atoms with E-state index in [2.05, 4.69) is 55.6 Å². The van der Waals surface area contributed by atoms with E-state index in [4.69, 9.17) is 20.9 Å². The number of oxime groups is 4. The number of rotatable bonds is 4. The molecule has 0 spiro atoms. The quantitative estimate of drug-likeness (QED) is 0.154. The van der Waals surface area contributed by atoms with Gasteiger partial charge in [0, 0.05) is 0 Å². The van der Waals surface area contributed by atoms with Crippen LogP contribution in [0.25, 0.3) is 0 Å². The van der Waals surface area contributed by atoms with E-state index in [9.17, 15) is 0 Å². The van der Waals surface area contributed by atoms with Crippen LogP contribution in [0.2, 0.25) is 0 Å². The molecule has 0 aliphatic carbocycles. The normalized spacial score (nSPS) is 10.4. The molecule has 143 valence electrons. The standard InChI is InChI=1S/2C5H10N2O2.2CHNS.Rh/c2*1-4(6-8)5(2)7-9-3;2*2-1-3;/h2*8H,1-3H3;2*3H;/q;;;;+2/p-2. The summed E-state index contributed by atoms with van der Waals surface area (Å²) in [7, 11) is 2.88. The van der Waals surface area contributed by atoms with Gasteiger partial charge in [0.05, 0.1) is 0 Å². The Labute approximate surface area is 171 Å². The molecule has 0 aromatic rings. The summed E-state index contributed by atoms with van der Waals surface area (Å²) in [5.74, 6) is 0. The second-order valence-electron chi connectivity index (χ2n) is 3.27. The van der Waals surface area contributed by atoms with Crippen molar-refractivity contribution in [3.63, 3.8) is 0 Å². The molecule has 25 heavy (non-hydrogen) atoms. The number of hydrogen-bond donors (Lipinski definition) is 2. The topological polar surface area (TPSA) is 156 Å². The molecule has 0 aromatic heterocycles. The number of nitriles is 2. The summed E-state index contributed by atoms with van der Waals surface area (Å²) in [5.41, 5.74) is 2.05. The van der Waals surface area contributed by atoms with Crippen LogP contribution >= 0.6 is 0 Å². The largest absolute Gasteiger partial charge is 2.00 e. The Morgan fingerprint density at radius 3 is 1.08 bits per heavy atom. The van der Waals surface area contributed by atoms with E-state index in [1.807, 2.05) is 0 Å². The molecule has 0 aliphatic heterocycles. The number of hydrogen-bond acceptors (Lipinski definition) is 12. The SMILES string of the molecule is CON=C(C)C(C)=NO.CON=C(C)C(C)=NO.N#C[S-].N#C[S-].[Rh+2]. The number of nitrogens with zero attached hydrogens (tertiary/aromatic N) is 6. The van der Waals surface area contributed by atoms with Crippen LogP contribution in [-0.4, -0.2) is 47.5 Å². The van der Waals surface area contributed by atoms with Gasteiger partial charge in [-0.1, -0.05) is 31.4 Å². The number of thiocyanates is 2. The monoisotopic (exact) mass is 479 g/mol. The molecule has 0 rings (SSSR count). The van der Waals surface area contributed by atoms with E-state index in [-0.39, 0.29) is 19.5 Å². The van der Waals surface area contributed by atoms with Gasteiger partial charge in [0.1, 0.15) is 37.1 Å². The fourth-order valence-electron chi connectivity index (χ4n) is 0.551. The first kappa shape index (κ1) is 34.3. The van der Waals surface area contributed by atoms with Crippen LogP contribution in [0.1, 0.15) is 27.7 Å². The van der Waals surface area contributed by atoms with Crippen LogP contribution in [0.15, 0.2) is 20.6 Å². The molecule has 1 radical (unpaired) electrons.